The largest absolute Gasteiger partial charge is 0.492 e. The van der Waals surface area contributed by atoms with Gasteiger partial charge in [-0.25, -0.2) is 26.3 Å². The monoisotopic (exact) mass is 448 g/mol. The van der Waals surface area contributed by atoms with Crippen molar-refractivity contribution in [2.24, 2.45) is 0 Å². The molecule has 1 aliphatic rings. The summed E-state index contributed by atoms with van der Waals surface area (Å²) in [6.45, 7) is 3.96. The average molecular weight is 449 g/mol. The summed E-state index contributed by atoms with van der Waals surface area (Å²) < 4.78 is 58.1. The van der Waals surface area contributed by atoms with Gasteiger partial charge in [0.05, 0.1) is 17.5 Å². The lowest BCUT2D eigenvalue weighted by Gasteiger charge is -2.31. The number of nitrogens with one attached hydrogen (secondary N) is 2. The fourth-order valence-electron chi connectivity index (χ4n) is 3.58. The maximum atomic E-state index is 12.1. The van der Waals surface area contributed by atoms with Crippen LogP contribution in [-0.2, 0) is 25.6 Å². The highest BCUT2D eigenvalue weighted by molar-refractivity contribution is 7.89. The zero-order chi connectivity index (χ0) is 21.5. The second-order valence-corrected chi connectivity index (χ2v) is 11.2. The van der Waals surface area contributed by atoms with Gasteiger partial charge in [-0.3, -0.25) is 0 Å². The molecule has 0 heterocycles. The molecule has 0 aromatic heterocycles. The van der Waals surface area contributed by atoms with Crippen molar-refractivity contribution in [2.45, 2.75) is 57.6 Å². The molecule has 29 heavy (non-hydrogen) atoms. The molecule has 1 saturated carbocycles. The topological polar surface area (TPSA) is 122 Å². The molecule has 0 radical (unpaired) electrons. The first-order valence-electron chi connectivity index (χ1n) is 10.0. The Balaban J connectivity index is 1.96. The Morgan fingerprint density at radius 3 is 2.31 bits per heavy atom. The molecule has 3 N–H and O–H groups in total. The molecule has 2 atom stereocenters. The summed E-state index contributed by atoms with van der Waals surface area (Å²) in [5.74, 6) is 0.672. The van der Waals surface area contributed by atoms with Crippen molar-refractivity contribution >= 4 is 20.0 Å². The molecule has 1 aromatic rings. The molecule has 0 spiro atoms. The Labute approximate surface area is 174 Å². The van der Waals surface area contributed by atoms with E-state index in [9.17, 15) is 21.9 Å². The minimum Gasteiger partial charge on any atom is -0.492 e. The Bertz CT molecular complexity index is 855. The fraction of sp³-hybridized carbons (Fsp3) is 0.684. The summed E-state index contributed by atoms with van der Waals surface area (Å²) in [4.78, 5) is 0. The van der Waals surface area contributed by atoms with Crippen LogP contribution in [0.3, 0.4) is 0 Å². The lowest BCUT2D eigenvalue weighted by molar-refractivity contribution is 0.0231. The molecule has 1 aromatic carbocycles. The van der Waals surface area contributed by atoms with Gasteiger partial charge in [0.15, 0.2) is 0 Å². The number of hydrogen-bond donors (Lipinski definition) is 3. The van der Waals surface area contributed by atoms with Gasteiger partial charge in [-0.2, -0.15) is 0 Å². The molecule has 2 rings (SSSR count). The Hall–Kier alpha value is -1.20. The Morgan fingerprint density at radius 2 is 1.69 bits per heavy atom. The second kappa shape index (κ2) is 10.2. The van der Waals surface area contributed by atoms with E-state index < -0.39 is 31.7 Å². The molecule has 8 nitrogen and oxygen atoms in total. The molecule has 0 saturated heterocycles. The quantitative estimate of drug-likeness (QED) is 0.416. The van der Waals surface area contributed by atoms with Gasteiger partial charge in [0, 0.05) is 6.54 Å². The van der Waals surface area contributed by atoms with Gasteiger partial charge in [0.25, 0.3) is 0 Å². The number of aliphatic hydroxyl groups is 1. The van der Waals surface area contributed by atoms with Crippen LogP contribution in [0.2, 0.25) is 0 Å². The molecular weight excluding hydrogens is 416 g/mol. The molecular formula is C19H32N2O6S2. The van der Waals surface area contributed by atoms with Crippen LogP contribution in [0.25, 0.3) is 0 Å². The van der Waals surface area contributed by atoms with Crippen molar-refractivity contribution in [2.75, 3.05) is 24.7 Å². The first kappa shape index (κ1) is 24.1. The summed E-state index contributed by atoms with van der Waals surface area (Å²) in [6.07, 6.45) is 2.85. The predicted molar refractivity (Wildman–Crippen MR) is 113 cm³/mol. The van der Waals surface area contributed by atoms with E-state index >= 15 is 0 Å². The highest BCUT2D eigenvalue weighted by Gasteiger charge is 2.44. The number of ether oxygens (including phenoxy) is 1. The maximum Gasteiger partial charge on any atom is 0.211 e. The van der Waals surface area contributed by atoms with Crippen LogP contribution in [-0.4, -0.2) is 52.6 Å². The number of hydrogen-bond acceptors (Lipinski definition) is 6. The van der Waals surface area contributed by atoms with E-state index in [0.717, 1.165) is 6.42 Å². The van der Waals surface area contributed by atoms with Gasteiger partial charge in [0.1, 0.15) is 18.0 Å². The van der Waals surface area contributed by atoms with Crippen molar-refractivity contribution in [1.82, 2.24) is 9.44 Å². The standard InChI is InChI=1S/C19H32N2O6S2/c1-3-14-28(23,24)20-12-13-27-17-9-7-16(8-10-17)19(22)11-5-6-18(19)21-29(25,26)15-4-2/h7-10,18,20-22H,3-6,11-15H2,1-2H3. The molecule has 1 fully saturated rings. The van der Waals surface area contributed by atoms with Crippen LogP contribution >= 0.6 is 0 Å². The number of benzene rings is 1. The zero-order valence-electron chi connectivity index (χ0n) is 17.1. The van der Waals surface area contributed by atoms with Crippen molar-refractivity contribution in [1.29, 1.82) is 0 Å². The number of rotatable bonds is 12. The summed E-state index contributed by atoms with van der Waals surface area (Å²) in [5.41, 5.74) is -0.620. The van der Waals surface area contributed by atoms with Gasteiger partial charge in [0.2, 0.25) is 20.0 Å². The molecule has 1 aliphatic carbocycles. The van der Waals surface area contributed by atoms with Gasteiger partial charge in [-0.15, -0.1) is 0 Å². The third-order valence-corrected chi connectivity index (χ3v) is 8.12. The van der Waals surface area contributed by atoms with Crippen molar-refractivity contribution < 1.29 is 26.7 Å². The highest BCUT2D eigenvalue weighted by atomic mass is 32.2. The predicted octanol–water partition coefficient (Wildman–Crippen LogP) is 1.46. The minimum atomic E-state index is -3.42. The SMILES string of the molecule is CCCS(=O)(=O)NCCOc1ccc(C2(O)CCCC2NS(=O)(=O)CCC)cc1. The van der Waals surface area contributed by atoms with E-state index in [4.69, 9.17) is 4.74 Å². The normalized spacial score (nSPS) is 22.7. The van der Waals surface area contributed by atoms with E-state index in [1.54, 1.807) is 38.1 Å². The first-order valence-corrected chi connectivity index (χ1v) is 13.4. The summed E-state index contributed by atoms with van der Waals surface area (Å²) in [5, 5.41) is 11.2. The summed E-state index contributed by atoms with van der Waals surface area (Å²) >= 11 is 0. The van der Waals surface area contributed by atoms with E-state index in [-0.39, 0.29) is 24.7 Å². The fourth-order valence-corrected chi connectivity index (χ4v) is 6.06. The third-order valence-electron chi connectivity index (χ3n) is 4.94. The molecule has 0 bridgehead atoms. The Morgan fingerprint density at radius 1 is 1.07 bits per heavy atom. The third kappa shape index (κ3) is 6.92. The van der Waals surface area contributed by atoms with Gasteiger partial charge < -0.3 is 9.84 Å². The summed E-state index contributed by atoms with van der Waals surface area (Å²) in [7, 11) is -6.68. The average Bonchev–Trinajstić information content (AvgIpc) is 3.00. The zero-order valence-corrected chi connectivity index (χ0v) is 18.7. The van der Waals surface area contributed by atoms with Crippen molar-refractivity contribution in [3.05, 3.63) is 29.8 Å². The lowest BCUT2D eigenvalue weighted by Crippen LogP contribution is -2.47. The van der Waals surface area contributed by atoms with E-state index in [1.165, 1.54) is 0 Å². The highest BCUT2D eigenvalue weighted by Crippen LogP contribution is 2.39. The molecule has 2 unspecified atom stereocenters. The van der Waals surface area contributed by atoms with E-state index in [1.807, 2.05) is 0 Å². The van der Waals surface area contributed by atoms with Crippen LogP contribution in [0, 0.1) is 0 Å². The van der Waals surface area contributed by atoms with Gasteiger partial charge in [-0.05, 0) is 49.8 Å². The van der Waals surface area contributed by atoms with Crippen LogP contribution in [0.4, 0.5) is 0 Å². The van der Waals surface area contributed by atoms with E-state index in [2.05, 4.69) is 9.44 Å². The van der Waals surface area contributed by atoms with Crippen LogP contribution in [0.15, 0.2) is 24.3 Å². The van der Waals surface area contributed by atoms with Crippen molar-refractivity contribution in [3.63, 3.8) is 0 Å². The number of sulfonamides is 2. The second-order valence-electron chi connectivity index (χ2n) is 7.39. The van der Waals surface area contributed by atoms with Crippen molar-refractivity contribution in [3.8, 4) is 5.75 Å². The summed E-state index contributed by atoms with van der Waals surface area (Å²) in [6, 6.07) is 6.29. The Kier molecular flexibility index (Phi) is 8.48. The lowest BCUT2D eigenvalue weighted by atomic mass is 9.89. The molecule has 10 heteroatoms. The van der Waals surface area contributed by atoms with Gasteiger partial charge in [-0.1, -0.05) is 26.0 Å². The van der Waals surface area contributed by atoms with Crippen LogP contribution < -0.4 is 14.2 Å². The van der Waals surface area contributed by atoms with Crippen LogP contribution in [0.5, 0.6) is 5.75 Å². The minimum absolute atomic E-state index is 0.0361. The van der Waals surface area contributed by atoms with E-state index in [0.29, 0.717) is 37.0 Å². The smallest absolute Gasteiger partial charge is 0.211 e. The molecule has 0 amide bonds. The van der Waals surface area contributed by atoms with Gasteiger partial charge >= 0.3 is 0 Å². The molecule has 0 aliphatic heterocycles. The first-order chi connectivity index (χ1) is 13.6. The van der Waals surface area contributed by atoms with Crippen LogP contribution in [0.1, 0.15) is 51.5 Å². The maximum absolute atomic E-state index is 12.1. The molecule has 166 valence electrons.